The third-order valence-corrected chi connectivity index (χ3v) is 5.18. The highest BCUT2D eigenvalue weighted by atomic mass is 16.2. The van der Waals surface area contributed by atoms with Gasteiger partial charge in [0, 0.05) is 19.2 Å². The third-order valence-electron chi connectivity index (χ3n) is 5.18. The lowest BCUT2D eigenvalue weighted by Crippen LogP contribution is -2.45. The molecule has 2 N–H and O–H groups in total. The fourth-order valence-corrected chi connectivity index (χ4v) is 3.86. The van der Waals surface area contributed by atoms with Gasteiger partial charge in [-0.15, -0.1) is 0 Å². The van der Waals surface area contributed by atoms with Gasteiger partial charge in [-0.3, -0.25) is 9.59 Å². The lowest BCUT2D eigenvalue weighted by molar-refractivity contribution is -0.136. The predicted molar refractivity (Wildman–Crippen MR) is 98.2 cm³/mol. The molecule has 2 amide bonds. The average Bonchev–Trinajstić information content (AvgIpc) is 2.61. The second-order valence-electron chi connectivity index (χ2n) is 7.07. The number of aryl methyl sites for hydroxylation is 1. The SMILES string of the molecule is CN(Cc1cccc(C(N)=O)c1)C(=O)[C@]1(C)CCCc2ccccc21. The molecule has 1 aliphatic rings. The monoisotopic (exact) mass is 336 g/mol. The molecule has 1 aliphatic carbocycles. The molecule has 0 unspecified atom stereocenters. The molecule has 3 rings (SSSR count). The molecule has 0 radical (unpaired) electrons. The van der Waals surface area contributed by atoms with Gasteiger partial charge in [0.25, 0.3) is 0 Å². The largest absolute Gasteiger partial charge is 0.366 e. The minimum atomic E-state index is -0.495. The van der Waals surface area contributed by atoms with E-state index in [2.05, 4.69) is 12.1 Å². The van der Waals surface area contributed by atoms with E-state index in [4.69, 9.17) is 5.73 Å². The molecule has 25 heavy (non-hydrogen) atoms. The van der Waals surface area contributed by atoms with Gasteiger partial charge in [-0.25, -0.2) is 0 Å². The molecule has 0 aromatic heterocycles. The Morgan fingerprint density at radius 2 is 1.92 bits per heavy atom. The number of nitrogens with zero attached hydrogens (tertiary/aromatic N) is 1. The molecule has 130 valence electrons. The van der Waals surface area contributed by atoms with Gasteiger partial charge in [0.1, 0.15) is 0 Å². The van der Waals surface area contributed by atoms with E-state index in [9.17, 15) is 9.59 Å². The number of carbonyl (C=O) groups is 2. The molecule has 0 saturated heterocycles. The zero-order chi connectivity index (χ0) is 18.0. The van der Waals surface area contributed by atoms with Crippen LogP contribution in [0.3, 0.4) is 0 Å². The van der Waals surface area contributed by atoms with E-state index in [-0.39, 0.29) is 5.91 Å². The van der Waals surface area contributed by atoms with Crippen molar-refractivity contribution in [3.8, 4) is 0 Å². The topological polar surface area (TPSA) is 63.4 Å². The van der Waals surface area contributed by atoms with Crippen molar-refractivity contribution in [3.05, 3.63) is 70.8 Å². The summed E-state index contributed by atoms with van der Waals surface area (Å²) in [6.07, 6.45) is 2.90. The van der Waals surface area contributed by atoms with Gasteiger partial charge >= 0.3 is 0 Å². The molecule has 1 atom stereocenters. The van der Waals surface area contributed by atoms with E-state index in [1.807, 2.05) is 32.2 Å². The van der Waals surface area contributed by atoms with Gasteiger partial charge in [-0.2, -0.15) is 0 Å². The van der Waals surface area contributed by atoms with Crippen LogP contribution in [0.5, 0.6) is 0 Å². The highest BCUT2D eigenvalue weighted by Crippen LogP contribution is 2.38. The summed E-state index contributed by atoms with van der Waals surface area (Å²) in [4.78, 5) is 26.3. The highest BCUT2D eigenvalue weighted by molar-refractivity contribution is 5.93. The maximum absolute atomic E-state index is 13.2. The van der Waals surface area contributed by atoms with Crippen molar-refractivity contribution in [2.75, 3.05) is 7.05 Å². The zero-order valence-corrected chi connectivity index (χ0v) is 14.8. The fourth-order valence-electron chi connectivity index (χ4n) is 3.86. The quantitative estimate of drug-likeness (QED) is 0.933. The van der Waals surface area contributed by atoms with Crippen LogP contribution in [0.1, 0.15) is 46.8 Å². The zero-order valence-electron chi connectivity index (χ0n) is 14.8. The molecule has 4 heteroatoms. The minimum Gasteiger partial charge on any atom is -0.366 e. The van der Waals surface area contributed by atoms with Gasteiger partial charge in [-0.1, -0.05) is 36.4 Å². The fraction of sp³-hybridized carbons (Fsp3) is 0.333. The Bertz CT molecular complexity index is 815. The van der Waals surface area contributed by atoms with Crippen LogP contribution in [0.2, 0.25) is 0 Å². The number of likely N-dealkylation sites (N-methyl/N-ethyl adjacent to an activating group) is 1. The van der Waals surface area contributed by atoms with Gasteiger partial charge in [-0.05, 0) is 55.0 Å². The summed E-state index contributed by atoms with van der Waals surface area (Å²) in [6.45, 7) is 2.50. The molecule has 2 aromatic rings. The van der Waals surface area contributed by atoms with Crippen LogP contribution < -0.4 is 5.73 Å². The van der Waals surface area contributed by atoms with E-state index < -0.39 is 11.3 Å². The number of benzene rings is 2. The smallest absolute Gasteiger partial charge is 0.248 e. The number of hydrogen-bond donors (Lipinski definition) is 1. The van der Waals surface area contributed by atoms with Crippen molar-refractivity contribution in [2.45, 2.75) is 38.1 Å². The van der Waals surface area contributed by atoms with Crippen LogP contribution in [0, 0.1) is 0 Å². The molecular weight excluding hydrogens is 312 g/mol. The molecule has 0 saturated carbocycles. The summed E-state index contributed by atoms with van der Waals surface area (Å²) in [5.74, 6) is -0.340. The summed E-state index contributed by atoms with van der Waals surface area (Å²) >= 11 is 0. The Balaban J connectivity index is 1.84. The lowest BCUT2D eigenvalue weighted by Gasteiger charge is -2.37. The molecular formula is C21H24N2O2. The first-order valence-electron chi connectivity index (χ1n) is 8.64. The van der Waals surface area contributed by atoms with E-state index in [1.54, 1.807) is 23.1 Å². The molecule has 2 aromatic carbocycles. The second-order valence-corrected chi connectivity index (χ2v) is 7.07. The first-order valence-corrected chi connectivity index (χ1v) is 8.64. The summed E-state index contributed by atoms with van der Waals surface area (Å²) in [6, 6.07) is 15.4. The Kier molecular flexibility index (Phi) is 4.62. The molecule has 0 spiro atoms. The summed E-state index contributed by atoms with van der Waals surface area (Å²) in [5, 5.41) is 0. The van der Waals surface area contributed by atoms with E-state index in [0.29, 0.717) is 12.1 Å². The Morgan fingerprint density at radius 3 is 2.68 bits per heavy atom. The van der Waals surface area contributed by atoms with Gasteiger partial charge in [0.15, 0.2) is 0 Å². The van der Waals surface area contributed by atoms with Gasteiger partial charge < -0.3 is 10.6 Å². The van der Waals surface area contributed by atoms with Crippen molar-refractivity contribution in [3.63, 3.8) is 0 Å². The number of carbonyl (C=O) groups excluding carboxylic acids is 2. The van der Waals surface area contributed by atoms with E-state index in [0.717, 1.165) is 30.4 Å². The highest BCUT2D eigenvalue weighted by Gasteiger charge is 2.40. The van der Waals surface area contributed by atoms with Crippen LogP contribution in [0.25, 0.3) is 0 Å². The molecule has 4 nitrogen and oxygen atoms in total. The summed E-state index contributed by atoms with van der Waals surface area (Å²) in [5.41, 5.74) is 8.63. The first-order chi connectivity index (χ1) is 11.9. The van der Waals surface area contributed by atoms with E-state index >= 15 is 0 Å². The number of rotatable bonds is 4. The molecule has 0 bridgehead atoms. The Hall–Kier alpha value is -2.62. The standard InChI is InChI=1S/C21H24N2O2/c1-21(12-6-10-16-8-3-4-11-18(16)21)20(25)23(2)14-15-7-5-9-17(13-15)19(22)24/h3-5,7-9,11,13H,6,10,12,14H2,1-2H3,(H2,22,24)/t21-/m1/s1. The number of hydrogen-bond acceptors (Lipinski definition) is 2. The van der Waals surface area contributed by atoms with Crippen molar-refractivity contribution < 1.29 is 9.59 Å². The Labute approximate surface area is 148 Å². The normalized spacial score (nSPS) is 19.1. The lowest BCUT2D eigenvalue weighted by atomic mass is 9.70. The minimum absolute atomic E-state index is 0.115. The van der Waals surface area contributed by atoms with Crippen LogP contribution >= 0.6 is 0 Å². The van der Waals surface area contributed by atoms with Crippen LogP contribution in [0.4, 0.5) is 0 Å². The summed E-state index contributed by atoms with van der Waals surface area (Å²) < 4.78 is 0. The molecule has 0 fully saturated rings. The van der Waals surface area contributed by atoms with Gasteiger partial charge in [0.2, 0.25) is 11.8 Å². The number of primary amides is 1. The average molecular weight is 336 g/mol. The third kappa shape index (κ3) is 3.29. The van der Waals surface area contributed by atoms with Crippen LogP contribution in [0.15, 0.2) is 48.5 Å². The van der Waals surface area contributed by atoms with Crippen molar-refractivity contribution in [1.82, 2.24) is 4.90 Å². The van der Waals surface area contributed by atoms with Crippen LogP contribution in [-0.2, 0) is 23.2 Å². The van der Waals surface area contributed by atoms with Crippen molar-refractivity contribution >= 4 is 11.8 Å². The number of amides is 2. The Morgan fingerprint density at radius 1 is 1.16 bits per heavy atom. The second kappa shape index (κ2) is 6.71. The number of fused-ring (bicyclic) bond motifs is 1. The number of nitrogens with two attached hydrogens (primary N) is 1. The van der Waals surface area contributed by atoms with Crippen molar-refractivity contribution in [1.29, 1.82) is 0 Å². The maximum Gasteiger partial charge on any atom is 0.248 e. The van der Waals surface area contributed by atoms with E-state index in [1.165, 1.54) is 5.56 Å². The first kappa shape index (κ1) is 17.2. The van der Waals surface area contributed by atoms with Crippen LogP contribution in [-0.4, -0.2) is 23.8 Å². The molecule has 0 aliphatic heterocycles. The van der Waals surface area contributed by atoms with Gasteiger partial charge in [0.05, 0.1) is 5.41 Å². The summed E-state index contributed by atoms with van der Waals surface area (Å²) in [7, 11) is 1.82. The molecule has 0 heterocycles. The van der Waals surface area contributed by atoms with Crippen molar-refractivity contribution in [2.24, 2.45) is 5.73 Å². The maximum atomic E-state index is 13.2. The predicted octanol–water partition coefficient (Wildman–Crippen LogP) is 3.04.